The first-order valence-electron chi connectivity index (χ1n) is 7.56. The molecule has 0 radical (unpaired) electrons. The Kier molecular flexibility index (Phi) is 3.85. The van der Waals surface area contributed by atoms with Crippen molar-refractivity contribution in [2.24, 2.45) is 11.7 Å². The lowest BCUT2D eigenvalue weighted by Crippen LogP contribution is -2.49. The summed E-state index contributed by atoms with van der Waals surface area (Å²) in [7, 11) is 0. The topological polar surface area (TPSA) is 109 Å². The molecule has 0 bridgehead atoms. The number of primary amides is 1. The summed E-state index contributed by atoms with van der Waals surface area (Å²) >= 11 is 0. The van der Waals surface area contributed by atoms with Crippen LogP contribution in [0.2, 0.25) is 0 Å². The zero-order valence-corrected chi connectivity index (χ0v) is 12.8. The van der Waals surface area contributed by atoms with Crippen LogP contribution in [0.25, 0.3) is 10.8 Å². The van der Waals surface area contributed by atoms with Crippen LogP contribution in [0.1, 0.15) is 30.3 Å². The second kappa shape index (κ2) is 5.83. The summed E-state index contributed by atoms with van der Waals surface area (Å²) in [6, 6.07) is 6.83. The van der Waals surface area contributed by atoms with Gasteiger partial charge >= 0.3 is 0 Å². The molecule has 2 heterocycles. The maximum Gasteiger partial charge on any atom is 0.275 e. The molecule has 0 aliphatic carbocycles. The molecular weight excluding hydrogens is 296 g/mol. The standard InChI is InChI=1S/C16H18N4O3/c1-9-6-7-10(14(17)21)8-20(9)16(23)13-11-4-2-3-5-12(11)15(22)19-18-13/h2-5,9-10H,6-8H2,1H3,(H2,17,21)(H,19,22)/t9-,10-/m0/s1. The Hall–Kier alpha value is -2.70. The third-order valence-corrected chi connectivity index (χ3v) is 4.44. The molecule has 3 N–H and O–H groups in total. The van der Waals surface area contributed by atoms with Crippen molar-refractivity contribution in [3.05, 3.63) is 40.3 Å². The van der Waals surface area contributed by atoms with E-state index in [1.807, 2.05) is 6.92 Å². The number of H-pyrrole nitrogens is 1. The molecule has 2 amide bonds. The van der Waals surface area contributed by atoms with E-state index in [1.165, 1.54) is 0 Å². The van der Waals surface area contributed by atoms with E-state index in [9.17, 15) is 14.4 Å². The number of nitrogens with two attached hydrogens (primary N) is 1. The van der Waals surface area contributed by atoms with Crippen LogP contribution < -0.4 is 11.3 Å². The Bertz CT molecular complexity index is 829. The molecule has 7 nitrogen and oxygen atoms in total. The van der Waals surface area contributed by atoms with Crippen molar-refractivity contribution in [1.82, 2.24) is 15.1 Å². The molecule has 0 spiro atoms. The number of carbonyl (C=O) groups excluding carboxylic acids is 2. The van der Waals surface area contributed by atoms with E-state index < -0.39 is 5.91 Å². The van der Waals surface area contributed by atoms with E-state index in [2.05, 4.69) is 10.2 Å². The highest BCUT2D eigenvalue weighted by Crippen LogP contribution is 2.24. The zero-order chi connectivity index (χ0) is 16.6. The van der Waals surface area contributed by atoms with Crippen molar-refractivity contribution >= 4 is 22.6 Å². The number of aromatic nitrogens is 2. The molecule has 7 heteroatoms. The van der Waals surface area contributed by atoms with Crippen LogP contribution in [0.4, 0.5) is 0 Å². The molecule has 1 fully saturated rings. The predicted molar refractivity (Wildman–Crippen MR) is 84.8 cm³/mol. The number of piperidine rings is 1. The van der Waals surface area contributed by atoms with E-state index in [4.69, 9.17) is 5.73 Å². The minimum absolute atomic E-state index is 0.00871. The second-order valence-electron chi connectivity index (χ2n) is 5.93. The zero-order valence-electron chi connectivity index (χ0n) is 12.8. The van der Waals surface area contributed by atoms with Gasteiger partial charge in [-0.1, -0.05) is 18.2 Å². The first-order chi connectivity index (χ1) is 11.0. The molecule has 2 atom stereocenters. The Labute approximate surface area is 132 Å². The molecule has 2 aromatic rings. The van der Waals surface area contributed by atoms with Crippen LogP contribution in [0, 0.1) is 5.92 Å². The number of hydrogen-bond donors (Lipinski definition) is 2. The molecule has 3 rings (SSSR count). The fourth-order valence-corrected chi connectivity index (χ4v) is 3.04. The number of rotatable bonds is 2. The summed E-state index contributed by atoms with van der Waals surface area (Å²) in [6.45, 7) is 2.22. The molecule has 1 aromatic heterocycles. The van der Waals surface area contributed by atoms with E-state index in [1.54, 1.807) is 29.2 Å². The average Bonchev–Trinajstić information content (AvgIpc) is 2.55. The van der Waals surface area contributed by atoms with Gasteiger partial charge in [0, 0.05) is 18.0 Å². The van der Waals surface area contributed by atoms with E-state index in [0.717, 1.165) is 0 Å². The molecule has 0 saturated carbocycles. The number of nitrogens with zero attached hydrogens (tertiary/aromatic N) is 2. The van der Waals surface area contributed by atoms with Crippen LogP contribution in [0.3, 0.4) is 0 Å². The lowest BCUT2D eigenvalue weighted by atomic mass is 9.92. The fourth-order valence-electron chi connectivity index (χ4n) is 3.04. The number of fused-ring (bicyclic) bond motifs is 1. The van der Waals surface area contributed by atoms with Crippen LogP contribution in [0.15, 0.2) is 29.1 Å². The Morgan fingerprint density at radius 1 is 1.26 bits per heavy atom. The average molecular weight is 314 g/mol. The van der Waals surface area contributed by atoms with Gasteiger partial charge in [-0.15, -0.1) is 0 Å². The van der Waals surface area contributed by atoms with E-state index in [-0.39, 0.29) is 35.7 Å². The van der Waals surface area contributed by atoms with Gasteiger partial charge in [-0.25, -0.2) is 5.10 Å². The van der Waals surface area contributed by atoms with Crippen molar-refractivity contribution in [3.63, 3.8) is 0 Å². The first-order valence-corrected chi connectivity index (χ1v) is 7.56. The van der Waals surface area contributed by atoms with Gasteiger partial charge in [0.15, 0.2) is 5.69 Å². The number of carbonyl (C=O) groups is 2. The number of benzene rings is 1. The molecule has 1 aromatic carbocycles. The van der Waals surface area contributed by atoms with Crippen molar-refractivity contribution in [2.45, 2.75) is 25.8 Å². The van der Waals surface area contributed by atoms with Gasteiger partial charge in [-0.05, 0) is 25.8 Å². The maximum atomic E-state index is 12.9. The summed E-state index contributed by atoms with van der Waals surface area (Å²) in [5.41, 5.74) is 5.24. The van der Waals surface area contributed by atoms with Crippen LogP contribution in [-0.2, 0) is 4.79 Å². The molecule has 1 aliphatic heterocycles. The fraction of sp³-hybridized carbons (Fsp3) is 0.375. The van der Waals surface area contributed by atoms with Gasteiger partial charge < -0.3 is 10.6 Å². The van der Waals surface area contributed by atoms with E-state index >= 15 is 0 Å². The van der Waals surface area contributed by atoms with Gasteiger partial charge in [-0.3, -0.25) is 14.4 Å². The van der Waals surface area contributed by atoms with Crippen molar-refractivity contribution < 1.29 is 9.59 Å². The molecular formula is C16H18N4O3. The minimum Gasteiger partial charge on any atom is -0.369 e. The molecule has 1 aliphatic rings. The summed E-state index contributed by atoms with van der Waals surface area (Å²) < 4.78 is 0. The molecule has 23 heavy (non-hydrogen) atoms. The maximum absolute atomic E-state index is 12.9. The lowest BCUT2D eigenvalue weighted by Gasteiger charge is -2.36. The summed E-state index contributed by atoms with van der Waals surface area (Å²) in [4.78, 5) is 37.8. The van der Waals surface area contributed by atoms with Crippen LogP contribution in [-0.4, -0.2) is 39.5 Å². The minimum atomic E-state index is -0.394. The van der Waals surface area contributed by atoms with Crippen molar-refractivity contribution in [1.29, 1.82) is 0 Å². The Balaban J connectivity index is 2.01. The number of aromatic amines is 1. The normalized spacial score (nSPS) is 21.3. The number of amides is 2. The highest BCUT2D eigenvalue weighted by Gasteiger charge is 2.33. The Morgan fingerprint density at radius 3 is 2.65 bits per heavy atom. The third-order valence-electron chi connectivity index (χ3n) is 4.44. The summed E-state index contributed by atoms with van der Waals surface area (Å²) in [5.74, 6) is -1.03. The first kappa shape index (κ1) is 15.2. The SMILES string of the molecule is C[C@H]1CC[C@H](C(N)=O)CN1C(=O)c1n[nH]c(=O)c2ccccc12. The Morgan fingerprint density at radius 2 is 1.96 bits per heavy atom. The molecule has 120 valence electrons. The number of likely N-dealkylation sites (tertiary alicyclic amines) is 1. The largest absolute Gasteiger partial charge is 0.369 e. The lowest BCUT2D eigenvalue weighted by molar-refractivity contribution is -0.123. The van der Waals surface area contributed by atoms with Gasteiger partial charge in [0.2, 0.25) is 5.91 Å². The number of hydrogen-bond acceptors (Lipinski definition) is 4. The third kappa shape index (κ3) is 2.69. The van der Waals surface area contributed by atoms with Crippen LogP contribution >= 0.6 is 0 Å². The van der Waals surface area contributed by atoms with Crippen molar-refractivity contribution in [3.8, 4) is 0 Å². The highest BCUT2D eigenvalue weighted by molar-refractivity contribution is 6.05. The van der Waals surface area contributed by atoms with Crippen molar-refractivity contribution in [2.75, 3.05) is 6.54 Å². The summed E-state index contributed by atoms with van der Waals surface area (Å²) in [5, 5.41) is 7.24. The van der Waals surface area contributed by atoms with Crippen LogP contribution in [0.5, 0.6) is 0 Å². The van der Waals surface area contributed by atoms with Gasteiger partial charge in [0.25, 0.3) is 11.5 Å². The van der Waals surface area contributed by atoms with Gasteiger partial charge in [0.1, 0.15) is 0 Å². The monoisotopic (exact) mass is 314 g/mol. The van der Waals surface area contributed by atoms with Gasteiger partial charge in [0.05, 0.1) is 11.3 Å². The highest BCUT2D eigenvalue weighted by atomic mass is 16.2. The molecule has 0 unspecified atom stereocenters. The molecule has 1 saturated heterocycles. The second-order valence-corrected chi connectivity index (χ2v) is 5.93. The smallest absolute Gasteiger partial charge is 0.275 e. The van der Waals surface area contributed by atoms with E-state index in [0.29, 0.717) is 23.6 Å². The number of nitrogens with one attached hydrogen (secondary N) is 1. The predicted octanol–water partition coefficient (Wildman–Crippen LogP) is 0.649. The van der Waals surface area contributed by atoms with Gasteiger partial charge in [-0.2, -0.15) is 5.10 Å². The summed E-state index contributed by atoms with van der Waals surface area (Å²) in [6.07, 6.45) is 1.39. The quantitative estimate of drug-likeness (QED) is 0.848.